The van der Waals surface area contributed by atoms with E-state index in [9.17, 15) is 14.9 Å². The fourth-order valence-electron chi connectivity index (χ4n) is 2.54. The number of likely N-dealkylation sites (N-methyl/N-ethyl adjacent to an activating group) is 1. The van der Waals surface area contributed by atoms with E-state index in [0.29, 0.717) is 16.4 Å². The van der Waals surface area contributed by atoms with E-state index in [1.165, 1.54) is 17.5 Å². The van der Waals surface area contributed by atoms with Crippen molar-refractivity contribution in [2.45, 2.75) is 6.92 Å². The van der Waals surface area contributed by atoms with E-state index in [-0.39, 0.29) is 17.0 Å². The largest absolute Gasteiger partial charge is 0.438 e. The van der Waals surface area contributed by atoms with E-state index in [2.05, 4.69) is 10.3 Å². The zero-order chi connectivity index (χ0) is 20.3. The highest BCUT2D eigenvalue weighted by Crippen LogP contribution is 2.25. The van der Waals surface area contributed by atoms with Crippen LogP contribution in [0.3, 0.4) is 0 Å². The van der Waals surface area contributed by atoms with Crippen LogP contribution in [0.2, 0.25) is 5.02 Å². The molecule has 0 fully saturated rings. The molecule has 0 aliphatic heterocycles. The average molecular weight is 395 g/mol. The fourth-order valence-corrected chi connectivity index (χ4v) is 2.66. The van der Waals surface area contributed by atoms with Crippen LogP contribution in [-0.4, -0.2) is 22.3 Å². The van der Waals surface area contributed by atoms with E-state index < -0.39 is 11.5 Å². The number of halogens is 1. The molecule has 1 N–H and O–H groups in total. The molecule has 0 aliphatic carbocycles. The first-order valence-corrected chi connectivity index (χ1v) is 8.61. The lowest BCUT2D eigenvalue weighted by Gasteiger charge is -2.11. The Balaban J connectivity index is 2.27. The van der Waals surface area contributed by atoms with Crippen LogP contribution in [0.25, 0.3) is 11.7 Å². The molecule has 7 nitrogen and oxygen atoms in total. The van der Waals surface area contributed by atoms with Gasteiger partial charge in [-0.3, -0.25) is 14.0 Å². The molecule has 0 saturated carbocycles. The van der Waals surface area contributed by atoms with E-state index in [1.54, 1.807) is 42.6 Å². The highest BCUT2D eigenvalue weighted by atomic mass is 35.5. The number of rotatable bonds is 4. The van der Waals surface area contributed by atoms with Crippen molar-refractivity contribution in [2.24, 2.45) is 0 Å². The van der Waals surface area contributed by atoms with Crippen LogP contribution < -0.4 is 15.6 Å². The summed E-state index contributed by atoms with van der Waals surface area (Å²) in [5.74, 6) is -0.228. The molecule has 0 bridgehead atoms. The van der Waals surface area contributed by atoms with Crippen LogP contribution in [0, 0.1) is 18.3 Å². The standard InChI is InChI=1S/C20H15ClN4O3/c1-12-4-3-9-25-17(12)24-19(28-15-7-5-14(21)6-8-15)16(20(25)27)10-13(11-22)18(26)23-2/h3-10H,1-2H3,(H,23,26). The lowest BCUT2D eigenvalue weighted by Crippen LogP contribution is -2.22. The Bertz CT molecular complexity index is 1190. The summed E-state index contributed by atoms with van der Waals surface area (Å²) < 4.78 is 7.14. The van der Waals surface area contributed by atoms with Crippen LogP contribution in [0.4, 0.5) is 0 Å². The molecule has 1 aromatic carbocycles. The summed E-state index contributed by atoms with van der Waals surface area (Å²) >= 11 is 5.89. The molecule has 140 valence electrons. The molecule has 0 spiro atoms. The number of aryl methyl sites for hydroxylation is 1. The first-order chi connectivity index (χ1) is 13.4. The maximum atomic E-state index is 13.0. The summed E-state index contributed by atoms with van der Waals surface area (Å²) in [4.78, 5) is 29.4. The van der Waals surface area contributed by atoms with Gasteiger partial charge in [0, 0.05) is 18.3 Å². The number of nitriles is 1. The first kappa shape index (κ1) is 19.1. The Hall–Kier alpha value is -3.63. The zero-order valence-electron chi connectivity index (χ0n) is 15.1. The number of hydrogen-bond acceptors (Lipinski definition) is 5. The lowest BCUT2D eigenvalue weighted by atomic mass is 10.1. The van der Waals surface area contributed by atoms with Gasteiger partial charge < -0.3 is 10.1 Å². The van der Waals surface area contributed by atoms with Gasteiger partial charge in [0.1, 0.15) is 28.6 Å². The van der Waals surface area contributed by atoms with Gasteiger partial charge in [-0.25, -0.2) is 0 Å². The molecular formula is C20H15ClN4O3. The molecule has 2 aromatic heterocycles. The molecular weight excluding hydrogens is 380 g/mol. The molecule has 2 heterocycles. The number of carbonyl (C=O) groups is 1. The Labute approximate surface area is 165 Å². The number of nitrogens with zero attached hydrogens (tertiary/aromatic N) is 3. The molecule has 28 heavy (non-hydrogen) atoms. The lowest BCUT2D eigenvalue weighted by molar-refractivity contribution is -0.116. The van der Waals surface area contributed by atoms with Crippen molar-refractivity contribution < 1.29 is 9.53 Å². The van der Waals surface area contributed by atoms with Crippen molar-refractivity contribution in [3.05, 3.63) is 74.7 Å². The second-order valence-electron chi connectivity index (χ2n) is 5.83. The minimum absolute atomic E-state index is 0.0155. The predicted octanol–water partition coefficient (Wildman–Crippen LogP) is 3.10. The van der Waals surface area contributed by atoms with Crippen molar-refractivity contribution in [3.8, 4) is 17.7 Å². The summed E-state index contributed by atoms with van der Waals surface area (Å²) in [5, 5.41) is 12.2. The summed E-state index contributed by atoms with van der Waals surface area (Å²) in [6, 6.07) is 11.8. The number of aromatic nitrogens is 2. The molecule has 0 unspecified atom stereocenters. The van der Waals surface area contributed by atoms with Gasteiger partial charge in [-0.15, -0.1) is 0 Å². The summed E-state index contributed by atoms with van der Waals surface area (Å²) in [6.07, 6.45) is 2.74. The number of hydrogen-bond donors (Lipinski definition) is 1. The van der Waals surface area contributed by atoms with E-state index >= 15 is 0 Å². The third-order valence-electron chi connectivity index (χ3n) is 3.96. The molecule has 3 rings (SSSR count). The number of pyridine rings is 1. The second-order valence-corrected chi connectivity index (χ2v) is 6.26. The molecule has 0 radical (unpaired) electrons. The van der Waals surface area contributed by atoms with Crippen LogP contribution in [0.15, 0.2) is 53.0 Å². The van der Waals surface area contributed by atoms with Gasteiger partial charge in [0.15, 0.2) is 0 Å². The Morgan fingerprint density at radius 1 is 1.32 bits per heavy atom. The van der Waals surface area contributed by atoms with Crippen molar-refractivity contribution in [3.63, 3.8) is 0 Å². The minimum atomic E-state index is -0.617. The topological polar surface area (TPSA) is 96.5 Å². The third kappa shape index (κ3) is 3.72. The van der Waals surface area contributed by atoms with Gasteiger partial charge in [-0.1, -0.05) is 17.7 Å². The van der Waals surface area contributed by atoms with Gasteiger partial charge in [-0.2, -0.15) is 10.2 Å². The number of fused-ring (bicyclic) bond motifs is 1. The van der Waals surface area contributed by atoms with Crippen molar-refractivity contribution in [1.29, 1.82) is 5.26 Å². The van der Waals surface area contributed by atoms with Gasteiger partial charge in [0.05, 0.1) is 0 Å². The quantitative estimate of drug-likeness (QED) is 0.541. The minimum Gasteiger partial charge on any atom is -0.438 e. The predicted molar refractivity (Wildman–Crippen MR) is 105 cm³/mol. The fraction of sp³-hybridized carbons (Fsp3) is 0.100. The number of amides is 1. The molecule has 3 aromatic rings. The summed E-state index contributed by atoms with van der Waals surface area (Å²) in [7, 11) is 1.40. The van der Waals surface area contributed by atoms with Crippen molar-refractivity contribution in [1.82, 2.24) is 14.7 Å². The molecule has 0 saturated heterocycles. The van der Waals surface area contributed by atoms with Crippen LogP contribution in [0.5, 0.6) is 11.6 Å². The van der Waals surface area contributed by atoms with Crippen LogP contribution >= 0.6 is 11.6 Å². The molecule has 1 amide bonds. The highest BCUT2D eigenvalue weighted by Gasteiger charge is 2.17. The van der Waals surface area contributed by atoms with E-state index in [0.717, 1.165) is 5.56 Å². The maximum absolute atomic E-state index is 13.0. The number of carbonyl (C=O) groups excluding carboxylic acids is 1. The summed E-state index contributed by atoms with van der Waals surface area (Å²) in [6.45, 7) is 1.81. The number of nitrogens with one attached hydrogen (secondary N) is 1. The zero-order valence-corrected chi connectivity index (χ0v) is 15.8. The van der Waals surface area contributed by atoms with Crippen molar-refractivity contribution in [2.75, 3.05) is 7.05 Å². The molecule has 0 atom stereocenters. The molecule has 0 aliphatic rings. The van der Waals surface area contributed by atoms with Gasteiger partial charge in [0.2, 0.25) is 5.88 Å². The molecule has 8 heteroatoms. The second kappa shape index (κ2) is 7.94. The van der Waals surface area contributed by atoms with Crippen molar-refractivity contribution >= 4 is 29.2 Å². The van der Waals surface area contributed by atoms with E-state index in [1.807, 2.05) is 13.0 Å². The Morgan fingerprint density at radius 2 is 2.04 bits per heavy atom. The SMILES string of the molecule is CNC(=O)C(C#N)=Cc1c(Oc2ccc(Cl)cc2)nc2c(C)cccn2c1=O. The normalized spacial score (nSPS) is 11.1. The first-order valence-electron chi connectivity index (χ1n) is 8.24. The van der Waals surface area contributed by atoms with Crippen LogP contribution in [0.1, 0.15) is 11.1 Å². The summed E-state index contributed by atoms with van der Waals surface area (Å²) in [5.41, 5.74) is 0.456. The monoisotopic (exact) mass is 394 g/mol. The number of ether oxygens (including phenoxy) is 1. The van der Waals surface area contributed by atoms with Gasteiger partial charge in [0.25, 0.3) is 11.5 Å². The maximum Gasteiger partial charge on any atom is 0.269 e. The van der Waals surface area contributed by atoms with E-state index in [4.69, 9.17) is 16.3 Å². The number of benzene rings is 1. The van der Waals surface area contributed by atoms with Gasteiger partial charge >= 0.3 is 0 Å². The highest BCUT2D eigenvalue weighted by molar-refractivity contribution is 6.30. The average Bonchev–Trinajstić information content (AvgIpc) is 2.70. The third-order valence-corrected chi connectivity index (χ3v) is 4.21. The Kier molecular flexibility index (Phi) is 5.43. The van der Waals surface area contributed by atoms with Crippen LogP contribution in [-0.2, 0) is 4.79 Å². The Morgan fingerprint density at radius 3 is 2.68 bits per heavy atom. The van der Waals surface area contributed by atoms with Gasteiger partial charge in [-0.05, 0) is 48.9 Å². The smallest absolute Gasteiger partial charge is 0.269 e.